The zero-order chi connectivity index (χ0) is 14.2. The minimum atomic E-state index is -0.919. The quantitative estimate of drug-likeness (QED) is 0.910. The second-order valence-electron chi connectivity index (χ2n) is 5.43. The van der Waals surface area contributed by atoms with E-state index in [9.17, 15) is 9.90 Å². The second-order valence-corrected chi connectivity index (χ2v) is 6.28. The molecule has 19 heavy (non-hydrogen) atoms. The molecule has 1 aromatic rings. The van der Waals surface area contributed by atoms with E-state index in [1.165, 1.54) is 0 Å². The lowest BCUT2D eigenvalue weighted by atomic mass is 9.96. The maximum Gasteiger partial charge on any atom is 0.255 e. The van der Waals surface area contributed by atoms with Crippen molar-refractivity contribution in [3.8, 4) is 0 Å². The Morgan fingerprint density at radius 2 is 2.11 bits per heavy atom. The summed E-state index contributed by atoms with van der Waals surface area (Å²) in [6, 6.07) is 4.66. The van der Waals surface area contributed by atoms with E-state index in [1.54, 1.807) is 36.9 Å². The van der Waals surface area contributed by atoms with Gasteiger partial charge in [0.15, 0.2) is 0 Å². The van der Waals surface area contributed by atoms with Crippen LogP contribution in [0.15, 0.2) is 18.2 Å². The molecule has 104 valence electrons. The lowest BCUT2D eigenvalue weighted by molar-refractivity contribution is 0.000341. The molecule has 1 aliphatic rings. The summed E-state index contributed by atoms with van der Waals surface area (Å²) < 4.78 is 0. The van der Waals surface area contributed by atoms with E-state index in [0.717, 1.165) is 12.8 Å². The van der Waals surface area contributed by atoms with Crippen molar-refractivity contribution in [3.05, 3.63) is 33.8 Å². The molecule has 1 aliphatic heterocycles. The van der Waals surface area contributed by atoms with Crippen LogP contribution in [0.2, 0.25) is 10.0 Å². The Labute approximate surface area is 123 Å². The fourth-order valence-corrected chi connectivity index (χ4v) is 2.93. The van der Waals surface area contributed by atoms with Crippen LogP contribution in [-0.4, -0.2) is 34.1 Å². The number of halogens is 2. The van der Waals surface area contributed by atoms with Crippen LogP contribution in [-0.2, 0) is 0 Å². The number of carbonyl (C=O) groups is 1. The van der Waals surface area contributed by atoms with Gasteiger partial charge in [0, 0.05) is 11.6 Å². The van der Waals surface area contributed by atoms with Crippen LogP contribution in [0.4, 0.5) is 0 Å². The molecule has 5 heteroatoms. The van der Waals surface area contributed by atoms with Gasteiger partial charge < -0.3 is 10.0 Å². The Morgan fingerprint density at radius 3 is 2.74 bits per heavy atom. The fraction of sp³-hybridized carbons (Fsp3) is 0.500. The third-order valence-corrected chi connectivity index (χ3v) is 4.05. The third kappa shape index (κ3) is 3.04. The highest BCUT2D eigenvalue weighted by molar-refractivity contribution is 6.35. The lowest BCUT2D eigenvalue weighted by Crippen LogP contribution is -2.48. The van der Waals surface area contributed by atoms with Crippen LogP contribution < -0.4 is 0 Å². The number of hydrogen-bond donors (Lipinski definition) is 1. The van der Waals surface area contributed by atoms with Crippen molar-refractivity contribution in [3.63, 3.8) is 0 Å². The van der Waals surface area contributed by atoms with Crippen molar-refractivity contribution in [2.75, 3.05) is 6.54 Å². The van der Waals surface area contributed by atoms with E-state index in [-0.39, 0.29) is 11.9 Å². The first-order valence-corrected chi connectivity index (χ1v) is 7.04. The minimum Gasteiger partial charge on any atom is -0.388 e. The molecule has 0 radical (unpaired) electrons. The van der Waals surface area contributed by atoms with E-state index in [1.807, 2.05) is 0 Å². The standard InChI is InChI=1S/C14H17Cl2NO2/c1-14(2,19)12-4-3-7-17(12)13(18)10-8-9(15)5-6-11(10)16/h5-6,8,12,19H,3-4,7H2,1-2H3. The Balaban J connectivity index is 2.31. The zero-order valence-electron chi connectivity index (χ0n) is 11.0. The molecule has 1 N–H and O–H groups in total. The molecule has 0 aromatic heterocycles. The predicted molar refractivity (Wildman–Crippen MR) is 76.8 cm³/mol. The van der Waals surface area contributed by atoms with E-state index >= 15 is 0 Å². The summed E-state index contributed by atoms with van der Waals surface area (Å²) in [5, 5.41) is 11.0. The van der Waals surface area contributed by atoms with Crippen LogP contribution in [0.5, 0.6) is 0 Å². The molecule has 1 fully saturated rings. The van der Waals surface area contributed by atoms with Crippen LogP contribution in [0.1, 0.15) is 37.0 Å². The van der Waals surface area contributed by atoms with Gasteiger partial charge >= 0.3 is 0 Å². The van der Waals surface area contributed by atoms with Gasteiger partial charge in [0.1, 0.15) is 0 Å². The van der Waals surface area contributed by atoms with Gasteiger partial charge in [-0.15, -0.1) is 0 Å². The molecule has 0 bridgehead atoms. The number of amides is 1. The fourth-order valence-electron chi connectivity index (χ4n) is 2.56. The molecule has 0 spiro atoms. The van der Waals surface area contributed by atoms with Crippen LogP contribution in [0.25, 0.3) is 0 Å². The Kier molecular flexibility index (Phi) is 4.09. The highest BCUT2D eigenvalue weighted by Gasteiger charge is 2.39. The summed E-state index contributed by atoms with van der Waals surface area (Å²) in [4.78, 5) is 14.2. The number of hydrogen-bond acceptors (Lipinski definition) is 2. The summed E-state index contributed by atoms with van der Waals surface area (Å²) >= 11 is 12.0. The normalized spacial score (nSPS) is 19.8. The van der Waals surface area contributed by atoms with Crippen LogP contribution >= 0.6 is 23.2 Å². The highest BCUT2D eigenvalue weighted by Crippen LogP contribution is 2.30. The topological polar surface area (TPSA) is 40.5 Å². The summed E-state index contributed by atoms with van der Waals surface area (Å²) in [5.74, 6) is -0.169. The summed E-state index contributed by atoms with van der Waals surface area (Å²) in [5.41, 5.74) is -0.526. The molecular formula is C14H17Cl2NO2. The first-order chi connectivity index (χ1) is 8.80. The van der Waals surface area contributed by atoms with Crippen molar-refractivity contribution in [1.82, 2.24) is 4.90 Å². The molecule has 1 aromatic carbocycles. The maximum atomic E-state index is 12.5. The van der Waals surface area contributed by atoms with E-state index in [0.29, 0.717) is 22.2 Å². The number of carbonyl (C=O) groups excluding carboxylic acids is 1. The van der Waals surface area contributed by atoms with E-state index in [4.69, 9.17) is 23.2 Å². The Hall–Kier alpha value is -0.770. The van der Waals surface area contributed by atoms with Gasteiger partial charge in [0.05, 0.1) is 22.2 Å². The van der Waals surface area contributed by atoms with Gasteiger partial charge in [-0.2, -0.15) is 0 Å². The molecule has 3 nitrogen and oxygen atoms in total. The van der Waals surface area contributed by atoms with Crippen molar-refractivity contribution >= 4 is 29.1 Å². The lowest BCUT2D eigenvalue weighted by Gasteiger charge is -2.34. The van der Waals surface area contributed by atoms with Crippen molar-refractivity contribution in [2.24, 2.45) is 0 Å². The molecule has 2 rings (SSSR count). The maximum absolute atomic E-state index is 12.5. The zero-order valence-corrected chi connectivity index (χ0v) is 12.5. The number of benzene rings is 1. The molecule has 0 saturated carbocycles. The van der Waals surface area contributed by atoms with Gasteiger partial charge in [-0.3, -0.25) is 4.79 Å². The molecule has 1 amide bonds. The van der Waals surface area contributed by atoms with Crippen molar-refractivity contribution < 1.29 is 9.90 Å². The van der Waals surface area contributed by atoms with E-state index < -0.39 is 5.60 Å². The highest BCUT2D eigenvalue weighted by atomic mass is 35.5. The summed E-state index contributed by atoms with van der Waals surface area (Å²) in [6.45, 7) is 4.09. The molecule has 1 heterocycles. The average molecular weight is 302 g/mol. The predicted octanol–water partition coefficient (Wildman–Crippen LogP) is 3.37. The molecule has 0 aliphatic carbocycles. The summed E-state index contributed by atoms with van der Waals surface area (Å²) in [7, 11) is 0. The number of likely N-dealkylation sites (tertiary alicyclic amines) is 1. The molecule has 1 atom stereocenters. The molecular weight excluding hydrogens is 285 g/mol. The largest absolute Gasteiger partial charge is 0.388 e. The van der Waals surface area contributed by atoms with Crippen LogP contribution in [0, 0.1) is 0 Å². The Morgan fingerprint density at radius 1 is 1.42 bits per heavy atom. The molecule has 1 unspecified atom stereocenters. The average Bonchev–Trinajstić information content (AvgIpc) is 2.80. The van der Waals surface area contributed by atoms with Gasteiger partial charge in [-0.1, -0.05) is 23.2 Å². The van der Waals surface area contributed by atoms with Gasteiger partial charge in [-0.25, -0.2) is 0 Å². The molecule has 1 saturated heterocycles. The van der Waals surface area contributed by atoms with Gasteiger partial charge in [0.25, 0.3) is 5.91 Å². The monoisotopic (exact) mass is 301 g/mol. The van der Waals surface area contributed by atoms with E-state index in [2.05, 4.69) is 0 Å². The number of aliphatic hydroxyl groups is 1. The SMILES string of the molecule is CC(C)(O)C1CCCN1C(=O)c1cc(Cl)ccc1Cl. The van der Waals surface area contributed by atoms with Gasteiger partial charge in [-0.05, 0) is 44.9 Å². The second kappa shape index (κ2) is 5.31. The number of nitrogens with zero attached hydrogens (tertiary/aromatic N) is 1. The van der Waals surface area contributed by atoms with Crippen molar-refractivity contribution in [1.29, 1.82) is 0 Å². The summed E-state index contributed by atoms with van der Waals surface area (Å²) in [6.07, 6.45) is 1.69. The minimum absolute atomic E-state index is 0.169. The number of rotatable bonds is 2. The van der Waals surface area contributed by atoms with Crippen LogP contribution in [0.3, 0.4) is 0 Å². The van der Waals surface area contributed by atoms with Gasteiger partial charge in [0.2, 0.25) is 0 Å². The first kappa shape index (κ1) is 14.6. The third-order valence-electron chi connectivity index (χ3n) is 3.49. The smallest absolute Gasteiger partial charge is 0.255 e. The van der Waals surface area contributed by atoms with Crippen molar-refractivity contribution in [2.45, 2.75) is 38.3 Å². The first-order valence-electron chi connectivity index (χ1n) is 6.29. The Bertz CT molecular complexity index is 497.